The normalized spacial score (nSPS) is 14.6. The number of rotatable bonds is 1. The van der Waals surface area contributed by atoms with Crippen molar-refractivity contribution >= 4 is 0 Å². The van der Waals surface area contributed by atoms with Crippen LogP contribution >= 0.6 is 0 Å². The molecule has 0 saturated carbocycles. The lowest BCUT2D eigenvalue weighted by atomic mass is 10.1. The molecule has 0 saturated heterocycles. The molecule has 3 rings (SSSR count). The molecule has 1 aliphatic rings. The van der Waals surface area contributed by atoms with Crippen molar-refractivity contribution in [3.63, 3.8) is 0 Å². The van der Waals surface area contributed by atoms with E-state index in [1.54, 1.807) is 6.33 Å². The first kappa shape index (κ1) is 11.3. The summed E-state index contributed by atoms with van der Waals surface area (Å²) in [6, 6.07) is 0. The van der Waals surface area contributed by atoms with Gasteiger partial charge in [0.15, 0.2) is 5.82 Å². The quantitative estimate of drug-likeness (QED) is 0.818. The molecule has 2 aromatic heterocycles. The highest BCUT2D eigenvalue weighted by Crippen LogP contribution is 2.21. The molecule has 5 heteroatoms. The lowest BCUT2D eigenvalue weighted by Crippen LogP contribution is -2.27. The molecular weight excluding hydrogens is 226 g/mol. The van der Waals surface area contributed by atoms with Gasteiger partial charge in [0.05, 0.1) is 11.4 Å². The van der Waals surface area contributed by atoms with Gasteiger partial charge in [-0.1, -0.05) is 0 Å². The zero-order valence-electron chi connectivity index (χ0n) is 11.0. The van der Waals surface area contributed by atoms with Crippen LogP contribution in [0.5, 0.6) is 0 Å². The minimum atomic E-state index is 0.822. The van der Waals surface area contributed by atoms with E-state index in [0.717, 1.165) is 42.4 Å². The van der Waals surface area contributed by atoms with E-state index in [9.17, 15) is 0 Å². The Bertz CT molecular complexity index is 600. The van der Waals surface area contributed by atoms with Crippen LogP contribution in [-0.2, 0) is 13.0 Å². The van der Waals surface area contributed by atoms with E-state index in [1.165, 1.54) is 11.1 Å². The van der Waals surface area contributed by atoms with Gasteiger partial charge in [-0.15, -0.1) is 0 Å². The van der Waals surface area contributed by atoms with E-state index in [1.807, 2.05) is 11.6 Å². The molecule has 18 heavy (non-hydrogen) atoms. The van der Waals surface area contributed by atoms with Crippen LogP contribution in [0.15, 0.2) is 6.33 Å². The average molecular weight is 243 g/mol. The Hall–Kier alpha value is -1.75. The highest BCUT2D eigenvalue weighted by molar-refractivity contribution is 5.40. The third-order valence-corrected chi connectivity index (χ3v) is 3.71. The van der Waals surface area contributed by atoms with Gasteiger partial charge in [-0.2, -0.15) is 5.10 Å². The molecule has 0 spiro atoms. The Morgan fingerprint density at radius 1 is 1.22 bits per heavy atom. The molecular formula is C13H17N5. The standard InChI is InChI=1S/C13H17N5/c1-8-9(2)17-18(10(8)3)13-11-6-14-5-4-12(11)15-7-16-13/h7,14H,4-6H2,1-3H3. The summed E-state index contributed by atoms with van der Waals surface area (Å²) in [5.41, 5.74) is 5.76. The Kier molecular flexibility index (Phi) is 2.63. The number of aromatic nitrogens is 4. The molecule has 3 heterocycles. The summed E-state index contributed by atoms with van der Waals surface area (Å²) in [7, 11) is 0. The predicted octanol–water partition coefficient (Wildman–Crippen LogP) is 1.23. The molecule has 1 N–H and O–H groups in total. The second kappa shape index (κ2) is 4.17. The zero-order chi connectivity index (χ0) is 12.7. The lowest BCUT2D eigenvalue weighted by molar-refractivity contribution is 0.614. The fraction of sp³-hybridized carbons (Fsp3) is 0.462. The first-order valence-corrected chi connectivity index (χ1v) is 6.25. The summed E-state index contributed by atoms with van der Waals surface area (Å²) in [6.45, 7) is 8.02. The maximum atomic E-state index is 4.59. The number of fused-ring (bicyclic) bond motifs is 1. The Morgan fingerprint density at radius 3 is 2.78 bits per heavy atom. The van der Waals surface area contributed by atoms with Crippen molar-refractivity contribution in [2.45, 2.75) is 33.7 Å². The summed E-state index contributed by atoms with van der Waals surface area (Å²) in [5, 5.41) is 7.96. The van der Waals surface area contributed by atoms with Crippen LogP contribution in [0.3, 0.4) is 0 Å². The van der Waals surface area contributed by atoms with Crippen molar-refractivity contribution in [1.82, 2.24) is 25.1 Å². The van der Waals surface area contributed by atoms with Crippen molar-refractivity contribution in [3.8, 4) is 5.82 Å². The van der Waals surface area contributed by atoms with Gasteiger partial charge in [0.25, 0.3) is 0 Å². The van der Waals surface area contributed by atoms with Crippen LogP contribution in [0.4, 0.5) is 0 Å². The summed E-state index contributed by atoms with van der Waals surface area (Å²) >= 11 is 0. The molecule has 0 aliphatic carbocycles. The molecule has 94 valence electrons. The Morgan fingerprint density at radius 2 is 2.06 bits per heavy atom. The summed E-state index contributed by atoms with van der Waals surface area (Å²) in [5.74, 6) is 0.918. The minimum Gasteiger partial charge on any atom is -0.312 e. The largest absolute Gasteiger partial charge is 0.312 e. The second-order valence-corrected chi connectivity index (χ2v) is 4.76. The first-order chi connectivity index (χ1) is 8.68. The predicted molar refractivity (Wildman–Crippen MR) is 68.8 cm³/mol. The molecule has 0 aromatic carbocycles. The number of nitrogens with one attached hydrogen (secondary N) is 1. The molecule has 0 fully saturated rings. The van der Waals surface area contributed by atoms with Crippen molar-refractivity contribution in [2.75, 3.05) is 6.54 Å². The Balaban J connectivity index is 2.20. The monoisotopic (exact) mass is 243 g/mol. The fourth-order valence-corrected chi connectivity index (χ4v) is 2.36. The van der Waals surface area contributed by atoms with Gasteiger partial charge in [-0.3, -0.25) is 0 Å². The molecule has 0 atom stereocenters. The Labute approximate surface area is 106 Å². The molecule has 0 bridgehead atoms. The second-order valence-electron chi connectivity index (χ2n) is 4.76. The van der Waals surface area contributed by atoms with E-state index in [-0.39, 0.29) is 0 Å². The molecule has 2 aromatic rings. The minimum absolute atomic E-state index is 0.822. The SMILES string of the molecule is Cc1nn(-c2ncnc3c2CNCC3)c(C)c1C. The van der Waals surface area contributed by atoms with Crippen molar-refractivity contribution in [3.05, 3.63) is 34.5 Å². The molecule has 0 amide bonds. The summed E-state index contributed by atoms with van der Waals surface area (Å²) < 4.78 is 1.94. The van der Waals surface area contributed by atoms with Gasteiger partial charge >= 0.3 is 0 Å². The van der Waals surface area contributed by atoms with Crippen LogP contribution in [0, 0.1) is 20.8 Å². The molecule has 1 aliphatic heterocycles. The van der Waals surface area contributed by atoms with E-state index >= 15 is 0 Å². The van der Waals surface area contributed by atoms with Crippen molar-refractivity contribution < 1.29 is 0 Å². The molecule has 0 radical (unpaired) electrons. The highest BCUT2D eigenvalue weighted by Gasteiger charge is 2.19. The van der Waals surface area contributed by atoms with Gasteiger partial charge in [0.1, 0.15) is 6.33 Å². The number of nitrogens with zero attached hydrogens (tertiary/aromatic N) is 4. The van der Waals surface area contributed by atoms with Crippen LogP contribution < -0.4 is 5.32 Å². The van der Waals surface area contributed by atoms with E-state index in [2.05, 4.69) is 34.2 Å². The lowest BCUT2D eigenvalue weighted by Gasteiger charge is -2.18. The van der Waals surface area contributed by atoms with E-state index in [0.29, 0.717) is 0 Å². The molecule has 5 nitrogen and oxygen atoms in total. The maximum Gasteiger partial charge on any atom is 0.161 e. The average Bonchev–Trinajstić information content (AvgIpc) is 2.66. The van der Waals surface area contributed by atoms with Crippen LogP contribution in [0.1, 0.15) is 28.2 Å². The van der Waals surface area contributed by atoms with Crippen molar-refractivity contribution in [1.29, 1.82) is 0 Å². The van der Waals surface area contributed by atoms with Gasteiger partial charge in [0, 0.05) is 30.8 Å². The summed E-state index contributed by atoms with van der Waals surface area (Å²) in [6.07, 6.45) is 2.61. The fourth-order valence-electron chi connectivity index (χ4n) is 2.36. The zero-order valence-corrected chi connectivity index (χ0v) is 11.0. The van der Waals surface area contributed by atoms with Crippen LogP contribution in [0.25, 0.3) is 5.82 Å². The molecule has 0 unspecified atom stereocenters. The summed E-state index contributed by atoms with van der Waals surface area (Å²) in [4.78, 5) is 8.80. The first-order valence-electron chi connectivity index (χ1n) is 6.25. The van der Waals surface area contributed by atoms with E-state index in [4.69, 9.17) is 0 Å². The third kappa shape index (κ3) is 1.62. The smallest absolute Gasteiger partial charge is 0.161 e. The van der Waals surface area contributed by atoms with Crippen LogP contribution in [-0.4, -0.2) is 26.3 Å². The number of aryl methyl sites for hydroxylation is 1. The topological polar surface area (TPSA) is 55.6 Å². The maximum absolute atomic E-state index is 4.59. The van der Waals surface area contributed by atoms with Gasteiger partial charge in [-0.25, -0.2) is 14.6 Å². The number of hydrogen-bond acceptors (Lipinski definition) is 4. The van der Waals surface area contributed by atoms with Crippen molar-refractivity contribution in [2.24, 2.45) is 0 Å². The van der Waals surface area contributed by atoms with Gasteiger partial charge in [0.2, 0.25) is 0 Å². The number of hydrogen-bond donors (Lipinski definition) is 1. The third-order valence-electron chi connectivity index (χ3n) is 3.71. The van der Waals surface area contributed by atoms with E-state index < -0.39 is 0 Å². The van der Waals surface area contributed by atoms with Gasteiger partial charge < -0.3 is 5.32 Å². The van der Waals surface area contributed by atoms with Crippen LogP contribution in [0.2, 0.25) is 0 Å². The van der Waals surface area contributed by atoms with Gasteiger partial charge in [-0.05, 0) is 26.3 Å². The highest BCUT2D eigenvalue weighted by atomic mass is 15.3.